The normalized spacial score (nSPS) is 17.5. The maximum atomic E-state index is 14.6. The quantitative estimate of drug-likeness (QED) is 0.291. The lowest BCUT2D eigenvalue weighted by Crippen LogP contribution is -2.27. The minimum absolute atomic E-state index is 0.0318. The lowest BCUT2D eigenvalue weighted by molar-refractivity contribution is -0.115. The summed E-state index contributed by atoms with van der Waals surface area (Å²) in [5.74, 6) is -1.43. The molecule has 2 heterocycles. The third kappa shape index (κ3) is 6.12. The molecular weight excluding hydrogens is 578 g/mol. The van der Waals surface area contributed by atoms with E-state index in [9.17, 15) is 22.0 Å². The van der Waals surface area contributed by atoms with Crippen LogP contribution in [-0.2, 0) is 34.1 Å². The molecule has 42 heavy (non-hydrogen) atoms. The highest BCUT2D eigenvalue weighted by molar-refractivity contribution is 7.91. The number of anilines is 1. The Hall–Kier alpha value is -3.20. The molecule has 1 amide bonds. The van der Waals surface area contributed by atoms with E-state index in [2.05, 4.69) is 5.32 Å². The number of nitrogens with one attached hydrogen (secondary N) is 1. The molecule has 222 valence electrons. The van der Waals surface area contributed by atoms with Crippen molar-refractivity contribution in [2.45, 2.75) is 82.8 Å². The van der Waals surface area contributed by atoms with Crippen LogP contribution in [0.1, 0.15) is 91.2 Å². The molecule has 7 nitrogen and oxygen atoms in total. The van der Waals surface area contributed by atoms with E-state index < -0.39 is 21.5 Å². The topological polar surface area (TPSA) is 103 Å². The van der Waals surface area contributed by atoms with Crippen LogP contribution in [0.3, 0.4) is 0 Å². The first-order valence-electron chi connectivity index (χ1n) is 14.3. The minimum atomic E-state index is -3.37. The van der Waals surface area contributed by atoms with Gasteiger partial charge in [0.1, 0.15) is 11.6 Å². The van der Waals surface area contributed by atoms with E-state index >= 15 is 0 Å². The van der Waals surface area contributed by atoms with Gasteiger partial charge in [0.2, 0.25) is 5.91 Å². The third-order valence-electron chi connectivity index (χ3n) is 8.21. The fraction of sp³-hybridized carbons (Fsp3) is 0.452. The molecule has 1 aliphatic heterocycles. The van der Waals surface area contributed by atoms with Gasteiger partial charge < -0.3 is 5.32 Å². The first kappa shape index (κ1) is 30.3. The SMILES string of the molecule is CCS(=O)(=O)c1ccc(CC(=O)Nc2nc3c(s2)CN(Cc2c(F)cc(C#N)cc2F)[C@H]3C(C)C)cc1C1CCCC1. The van der Waals surface area contributed by atoms with Crippen LogP contribution in [-0.4, -0.2) is 30.0 Å². The number of hydrogen-bond acceptors (Lipinski definition) is 7. The summed E-state index contributed by atoms with van der Waals surface area (Å²) in [4.78, 5) is 21.0. The van der Waals surface area contributed by atoms with Gasteiger partial charge in [0.25, 0.3) is 0 Å². The van der Waals surface area contributed by atoms with Crippen molar-refractivity contribution < 1.29 is 22.0 Å². The molecule has 1 saturated carbocycles. The number of fused-ring (bicyclic) bond motifs is 1. The lowest BCUT2D eigenvalue weighted by atomic mass is 9.95. The van der Waals surface area contributed by atoms with Crippen LogP contribution in [0.2, 0.25) is 0 Å². The maximum absolute atomic E-state index is 14.6. The summed E-state index contributed by atoms with van der Waals surface area (Å²) >= 11 is 1.35. The monoisotopic (exact) mass is 612 g/mol. The van der Waals surface area contributed by atoms with Crippen molar-refractivity contribution in [3.05, 3.63) is 74.8 Å². The second-order valence-electron chi connectivity index (χ2n) is 11.4. The van der Waals surface area contributed by atoms with Crippen LogP contribution in [0, 0.1) is 28.9 Å². The standard InChI is InChI=1S/C31H34F2N4O3S2/c1-4-42(39,40)27-10-9-19(11-22(27)21-7-5-6-8-21)14-28(38)35-31-36-29-26(41-31)17-37(30(29)18(2)3)16-23-24(32)12-20(15-34)13-25(23)33/h9-13,18,21,30H,4-8,14,16-17H2,1-3H3,(H,35,36,38)/t30-/m0/s1. The van der Waals surface area contributed by atoms with Gasteiger partial charge in [-0.1, -0.05) is 45.7 Å². The van der Waals surface area contributed by atoms with Gasteiger partial charge in [-0.05, 0) is 54.0 Å². The number of halogens is 2. The molecule has 0 bridgehead atoms. The number of nitrogens with zero attached hydrogens (tertiary/aromatic N) is 3. The maximum Gasteiger partial charge on any atom is 0.230 e. The summed E-state index contributed by atoms with van der Waals surface area (Å²) < 4.78 is 54.7. The van der Waals surface area contributed by atoms with Crippen LogP contribution >= 0.6 is 11.3 Å². The Morgan fingerprint density at radius 2 is 1.88 bits per heavy atom. The van der Waals surface area contributed by atoms with Crippen molar-refractivity contribution in [1.29, 1.82) is 5.26 Å². The largest absolute Gasteiger partial charge is 0.302 e. The van der Waals surface area contributed by atoms with E-state index in [1.165, 1.54) is 11.3 Å². The van der Waals surface area contributed by atoms with Gasteiger partial charge in [-0.15, -0.1) is 11.3 Å². The van der Waals surface area contributed by atoms with Crippen molar-refractivity contribution >= 4 is 32.2 Å². The number of rotatable bonds is 9. The molecule has 0 radical (unpaired) electrons. The van der Waals surface area contributed by atoms with E-state index in [0.717, 1.165) is 59.5 Å². The molecule has 0 unspecified atom stereocenters. The molecule has 5 rings (SSSR count). The highest BCUT2D eigenvalue weighted by atomic mass is 32.2. The zero-order valence-electron chi connectivity index (χ0n) is 23.9. The highest BCUT2D eigenvalue weighted by Crippen LogP contribution is 2.43. The van der Waals surface area contributed by atoms with E-state index in [4.69, 9.17) is 10.2 Å². The average Bonchev–Trinajstić information content (AvgIpc) is 3.67. The summed E-state index contributed by atoms with van der Waals surface area (Å²) in [6.45, 7) is 6.14. The van der Waals surface area contributed by atoms with E-state index in [0.29, 0.717) is 16.6 Å². The zero-order chi connectivity index (χ0) is 30.2. The predicted molar refractivity (Wildman–Crippen MR) is 158 cm³/mol. The minimum Gasteiger partial charge on any atom is -0.302 e. The average molecular weight is 613 g/mol. The first-order chi connectivity index (χ1) is 20.0. The van der Waals surface area contributed by atoms with Gasteiger partial charge in [-0.2, -0.15) is 5.26 Å². The van der Waals surface area contributed by atoms with Crippen molar-refractivity contribution in [3.8, 4) is 6.07 Å². The van der Waals surface area contributed by atoms with Crippen molar-refractivity contribution in [2.24, 2.45) is 5.92 Å². The number of carbonyl (C=O) groups is 1. The number of aromatic nitrogens is 1. The van der Waals surface area contributed by atoms with E-state index in [-0.39, 0.29) is 53.6 Å². The van der Waals surface area contributed by atoms with Crippen LogP contribution < -0.4 is 5.32 Å². The zero-order valence-corrected chi connectivity index (χ0v) is 25.5. The van der Waals surface area contributed by atoms with E-state index in [1.54, 1.807) is 25.1 Å². The molecule has 0 saturated heterocycles. The molecule has 1 N–H and O–H groups in total. The molecular formula is C31H34F2N4O3S2. The molecule has 1 atom stereocenters. The van der Waals surface area contributed by atoms with Gasteiger partial charge in [0.05, 0.1) is 40.4 Å². The van der Waals surface area contributed by atoms with Crippen molar-refractivity contribution in [3.63, 3.8) is 0 Å². The summed E-state index contributed by atoms with van der Waals surface area (Å²) in [5, 5.41) is 12.4. The molecule has 1 aromatic heterocycles. The summed E-state index contributed by atoms with van der Waals surface area (Å²) in [7, 11) is -3.37. The van der Waals surface area contributed by atoms with Crippen LogP contribution in [0.4, 0.5) is 13.9 Å². The number of benzene rings is 2. The van der Waals surface area contributed by atoms with Crippen LogP contribution in [0.25, 0.3) is 0 Å². The number of sulfone groups is 1. The van der Waals surface area contributed by atoms with E-state index in [1.807, 2.05) is 24.8 Å². The number of thiazole rings is 1. The Morgan fingerprint density at radius 3 is 2.50 bits per heavy atom. The molecule has 2 aromatic carbocycles. The molecule has 2 aliphatic rings. The molecule has 3 aromatic rings. The van der Waals surface area contributed by atoms with Gasteiger partial charge in [0, 0.05) is 23.5 Å². The van der Waals surface area contributed by atoms with Crippen LogP contribution in [0.15, 0.2) is 35.2 Å². The lowest BCUT2D eigenvalue weighted by Gasteiger charge is -2.28. The Morgan fingerprint density at radius 1 is 1.19 bits per heavy atom. The Balaban J connectivity index is 1.31. The van der Waals surface area contributed by atoms with Gasteiger partial charge in [-0.25, -0.2) is 22.2 Å². The Bertz CT molecular complexity index is 1630. The van der Waals surface area contributed by atoms with Crippen molar-refractivity contribution in [1.82, 2.24) is 9.88 Å². The number of nitriles is 1. The highest BCUT2D eigenvalue weighted by Gasteiger charge is 2.37. The Labute approximate surface area is 249 Å². The first-order valence-corrected chi connectivity index (χ1v) is 16.7. The van der Waals surface area contributed by atoms with Gasteiger partial charge in [0.15, 0.2) is 15.0 Å². The molecule has 1 fully saturated rings. The second-order valence-corrected chi connectivity index (χ2v) is 14.8. The fourth-order valence-electron chi connectivity index (χ4n) is 6.18. The number of hydrogen-bond donors (Lipinski definition) is 1. The summed E-state index contributed by atoms with van der Waals surface area (Å²) in [6.07, 6.45) is 4.13. The second kappa shape index (κ2) is 12.2. The van der Waals surface area contributed by atoms with Gasteiger partial charge >= 0.3 is 0 Å². The number of amides is 1. The predicted octanol–water partition coefficient (Wildman–Crippen LogP) is 6.64. The Kier molecular flexibility index (Phi) is 8.78. The van der Waals surface area contributed by atoms with Crippen molar-refractivity contribution in [2.75, 3.05) is 11.1 Å². The summed E-state index contributed by atoms with van der Waals surface area (Å²) in [5.41, 5.74) is 2.22. The van der Waals surface area contributed by atoms with Crippen LogP contribution in [0.5, 0.6) is 0 Å². The smallest absolute Gasteiger partial charge is 0.230 e. The van der Waals surface area contributed by atoms with Gasteiger partial charge in [-0.3, -0.25) is 9.69 Å². The molecule has 11 heteroatoms. The number of carbonyl (C=O) groups excluding carboxylic acids is 1. The molecule has 1 aliphatic carbocycles. The fourth-order valence-corrected chi connectivity index (χ4v) is 8.40. The molecule has 0 spiro atoms. The summed E-state index contributed by atoms with van der Waals surface area (Å²) in [6, 6.07) is 8.92. The third-order valence-corrected chi connectivity index (χ3v) is 11.0.